The first-order valence-electron chi connectivity index (χ1n) is 7.88. The van der Waals surface area contributed by atoms with Gasteiger partial charge < -0.3 is 4.90 Å². The number of aromatic nitrogens is 3. The molecular formula is C16H24N4. The number of H-pyrrole nitrogens is 1. The van der Waals surface area contributed by atoms with Gasteiger partial charge in [-0.05, 0) is 68.5 Å². The number of nitrogens with zero attached hydrogens (tertiary/aromatic N) is 3. The largest absolute Gasteiger partial charge is 0.300 e. The predicted octanol–water partition coefficient (Wildman–Crippen LogP) is 2.94. The number of aryl methyl sites for hydroxylation is 1. The minimum Gasteiger partial charge on any atom is -0.300 e. The fourth-order valence-corrected chi connectivity index (χ4v) is 3.44. The van der Waals surface area contributed by atoms with Crippen molar-refractivity contribution in [2.24, 2.45) is 0 Å². The molecule has 0 bridgehead atoms. The Kier molecular flexibility index (Phi) is 4.01. The Morgan fingerprint density at radius 3 is 2.40 bits per heavy atom. The highest BCUT2D eigenvalue weighted by atomic mass is 15.3. The highest BCUT2D eigenvalue weighted by molar-refractivity contribution is 5.75. The second kappa shape index (κ2) is 5.92. The third kappa shape index (κ3) is 2.57. The first-order valence-corrected chi connectivity index (χ1v) is 7.88. The summed E-state index contributed by atoms with van der Waals surface area (Å²) in [5.74, 6) is 0. The molecule has 1 aliphatic rings. The van der Waals surface area contributed by atoms with Crippen molar-refractivity contribution in [3.05, 3.63) is 23.3 Å². The van der Waals surface area contributed by atoms with Gasteiger partial charge in [0.15, 0.2) is 0 Å². The van der Waals surface area contributed by atoms with Crippen LogP contribution in [-0.2, 0) is 12.8 Å². The van der Waals surface area contributed by atoms with Crippen molar-refractivity contribution in [3.8, 4) is 0 Å². The molecule has 20 heavy (non-hydrogen) atoms. The quantitative estimate of drug-likeness (QED) is 0.910. The summed E-state index contributed by atoms with van der Waals surface area (Å²) in [6.07, 6.45) is 6.10. The Morgan fingerprint density at radius 1 is 1.10 bits per heavy atom. The van der Waals surface area contributed by atoms with Gasteiger partial charge in [0, 0.05) is 6.04 Å². The van der Waals surface area contributed by atoms with Crippen molar-refractivity contribution >= 4 is 11.0 Å². The third-order valence-electron chi connectivity index (χ3n) is 4.38. The standard InChI is InChI=1S/C16H24N4/c1-3-7-20(8-4-2)14-6-5-12-10-15-16(18-19-17-15)11-13(12)9-14/h10-11,14H,3-9H2,1-2H3,(H,17,18,19). The van der Waals surface area contributed by atoms with Crippen molar-refractivity contribution in [3.63, 3.8) is 0 Å². The van der Waals surface area contributed by atoms with Crippen LogP contribution in [0.1, 0.15) is 44.2 Å². The molecular weight excluding hydrogens is 248 g/mol. The lowest BCUT2D eigenvalue weighted by atomic mass is 9.87. The van der Waals surface area contributed by atoms with Crippen LogP contribution in [0.5, 0.6) is 0 Å². The molecule has 4 heteroatoms. The number of hydrogen-bond acceptors (Lipinski definition) is 3. The lowest BCUT2D eigenvalue weighted by molar-refractivity contribution is 0.180. The topological polar surface area (TPSA) is 44.8 Å². The van der Waals surface area contributed by atoms with Crippen LogP contribution in [-0.4, -0.2) is 39.4 Å². The van der Waals surface area contributed by atoms with E-state index in [1.54, 1.807) is 0 Å². The Morgan fingerprint density at radius 2 is 1.75 bits per heavy atom. The molecule has 1 atom stereocenters. The van der Waals surface area contributed by atoms with Gasteiger partial charge in [-0.15, -0.1) is 0 Å². The molecule has 4 nitrogen and oxygen atoms in total. The number of rotatable bonds is 5. The zero-order valence-corrected chi connectivity index (χ0v) is 12.5. The van der Waals surface area contributed by atoms with E-state index in [9.17, 15) is 0 Å². The molecule has 0 fully saturated rings. The summed E-state index contributed by atoms with van der Waals surface area (Å²) in [5.41, 5.74) is 4.94. The Bertz CT molecular complexity index is 569. The maximum absolute atomic E-state index is 4.22. The SMILES string of the molecule is CCCN(CCC)C1CCc2cc3n[nH]nc3cc2C1. The molecule has 1 unspecified atom stereocenters. The Balaban J connectivity index is 1.82. The van der Waals surface area contributed by atoms with Crippen LogP contribution in [0.25, 0.3) is 11.0 Å². The van der Waals surface area contributed by atoms with E-state index in [1.807, 2.05) is 0 Å². The molecule has 1 aromatic heterocycles. The fraction of sp³-hybridized carbons (Fsp3) is 0.625. The van der Waals surface area contributed by atoms with E-state index in [-0.39, 0.29) is 0 Å². The van der Waals surface area contributed by atoms with E-state index in [1.165, 1.54) is 49.9 Å². The first-order chi connectivity index (χ1) is 9.81. The molecule has 1 heterocycles. The molecule has 0 amide bonds. The second-order valence-electron chi connectivity index (χ2n) is 5.87. The van der Waals surface area contributed by atoms with Crippen LogP contribution in [0.4, 0.5) is 0 Å². The van der Waals surface area contributed by atoms with Crippen LogP contribution in [0.15, 0.2) is 12.1 Å². The molecule has 3 rings (SSSR count). The summed E-state index contributed by atoms with van der Waals surface area (Å²) < 4.78 is 0. The van der Waals surface area contributed by atoms with Crippen molar-refractivity contribution in [2.45, 2.75) is 52.0 Å². The summed E-state index contributed by atoms with van der Waals surface area (Å²) >= 11 is 0. The molecule has 0 radical (unpaired) electrons. The van der Waals surface area contributed by atoms with Gasteiger partial charge in [0.2, 0.25) is 0 Å². The van der Waals surface area contributed by atoms with E-state index in [4.69, 9.17) is 0 Å². The summed E-state index contributed by atoms with van der Waals surface area (Å²) in [6.45, 7) is 7.00. The monoisotopic (exact) mass is 272 g/mol. The first kappa shape index (κ1) is 13.6. The fourth-order valence-electron chi connectivity index (χ4n) is 3.44. The van der Waals surface area contributed by atoms with Crippen LogP contribution >= 0.6 is 0 Å². The minimum atomic E-state index is 0.701. The highest BCUT2D eigenvalue weighted by Gasteiger charge is 2.24. The van der Waals surface area contributed by atoms with E-state index in [0.29, 0.717) is 6.04 Å². The Labute approximate surface area is 120 Å². The molecule has 0 saturated heterocycles. The number of aromatic amines is 1. The number of nitrogens with one attached hydrogen (secondary N) is 1. The second-order valence-corrected chi connectivity index (χ2v) is 5.87. The van der Waals surface area contributed by atoms with Gasteiger partial charge in [0.05, 0.1) is 0 Å². The maximum atomic E-state index is 4.22. The van der Waals surface area contributed by atoms with Gasteiger partial charge in [-0.1, -0.05) is 13.8 Å². The maximum Gasteiger partial charge on any atom is 0.113 e. The van der Waals surface area contributed by atoms with Crippen LogP contribution in [0, 0.1) is 0 Å². The van der Waals surface area contributed by atoms with Gasteiger partial charge in [-0.3, -0.25) is 0 Å². The average molecular weight is 272 g/mol. The zero-order chi connectivity index (χ0) is 13.9. The van der Waals surface area contributed by atoms with Crippen LogP contribution < -0.4 is 0 Å². The molecule has 1 aromatic carbocycles. The smallest absolute Gasteiger partial charge is 0.113 e. The molecule has 1 N–H and O–H groups in total. The van der Waals surface area contributed by atoms with Crippen molar-refractivity contribution < 1.29 is 0 Å². The third-order valence-corrected chi connectivity index (χ3v) is 4.38. The van der Waals surface area contributed by atoms with Gasteiger partial charge in [0.1, 0.15) is 11.0 Å². The number of benzene rings is 1. The Hall–Kier alpha value is -1.42. The van der Waals surface area contributed by atoms with Crippen LogP contribution in [0.3, 0.4) is 0 Å². The molecule has 1 aliphatic carbocycles. The molecule has 0 saturated carbocycles. The molecule has 0 spiro atoms. The van der Waals surface area contributed by atoms with E-state index in [0.717, 1.165) is 17.5 Å². The number of fused-ring (bicyclic) bond motifs is 2. The van der Waals surface area contributed by atoms with Gasteiger partial charge in [-0.2, -0.15) is 15.4 Å². The van der Waals surface area contributed by atoms with E-state index in [2.05, 4.69) is 46.3 Å². The predicted molar refractivity (Wildman–Crippen MR) is 81.9 cm³/mol. The van der Waals surface area contributed by atoms with E-state index < -0.39 is 0 Å². The average Bonchev–Trinajstić information content (AvgIpc) is 2.91. The van der Waals surface area contributed by atoms with Crippen molar-refractivity contribution in [1.29, 1.82) is 0 Å². The molecule has 2 aromatic rings. The highest BCUT2D eigenvalue weighted by Crippen LogP contribution is 2.27. The summed E-state index contributed by atoms with van der Waals surface area (Å²) in [6, 6.07) is 5.15. The molecule has 108 valence electrons. The van der Waals surface area contributed by atoms with E-state index >= 15 is 0 Å². The van der Waals surface area contributed by atoms with Gasteiger partial charge in [0.25, 0.3) is 0 Å². The zero-order valence-electron chi connectivity index (χ0n) is 12.5. The summed E-state index contributed by atoms with van der Waals surface area (Å²) in [7, 11) is 0. The lowest BCUT2D eigenvalue weighted by Crippen LogP contribution is -2.40. The minimum absolute atomic E-state index is 0.701. The van der Waals surface area contributed by atoms with Gasteiger partial charge >= 0.3 is 0 Å². The van der Waals surface area contributed by atoms with Crippen molar-refractivity contribution in [1.82, 2.24) is 20.3 Å². The lowest BCUT2D eigenvalue weighted by Gasteiger charge is -2.35. The van der Waals surface area contributed by atoms with Gasteiger partial charge in [-0.25, -0.2) is 0 Å². The van der Waals surface area contributed by atoms with Crippen molar-refractivity contribution in [2.75, 3.05) is 13.1 Å². The molecule has 0 aliphatic heterocycles. The number of hydrogen-bond donors (Lipinski definition) is 1. The summed E-state index contributed by atoms with van der Waals surface area (Å²) in [5, 5.41) is 11.1. The summed E-state index contributed by atoms with van der Waals surface area (Å²) in [4.78, 5) is 2.68. The normalized spacial score (nSPS) is 18.6. The van der Waals surface area contributed by atoms with Crippen LogP contribution in [0.2, 0.25) is 0 Å².